The lowest BCUT2D eigenvalue weighted by Crippen LogP contribution is -2.13. The molecule has 0 unspecified atom stereocenters. The van der Waals surface area contributed by atoms with Crippen molar-refractivity contribution in [2.75, 3.05) is 5.32 Å². The topological polar surface area (TPSA) is 42.0 Å². The number of benzene rings is 4. The number of thiazole rings is 1. The number of hydrogen-bond acceptors (Lipinski definition) is 3. The van der Waals surface area contributed by atoms with Crippen LogP contribution in [0, 0.1) is 0 Å². The third kappa shape index (κ3) is 3.43. The van der Waals surface area contributed by atoms with E-state index in [0.29, 0.717) is 5.56 Å². The molecule has 5 aromatic rings. The number of anilines is 1. The standard InChI is InChI=1S/C24H15BrN2OS/c25-16-12-13-20(19(14-16)24-27-21-10-3-4-11-22(21)29-24)26-23(28)18-9-5-7-15-6-1-2-8-17(15)18/h1-14H,(H,26,28). The number of carbonyl (C=O) groups excluding carboxylic acids is 1. The highest BCUT2D eigenvalue weighted by molar-refractivity contribution is 9.10. The summed E-state index contributed by atoms with van der Waals surface area (Å²) in [6.45, 7) is 0. The van der Waals surface area contributed by atoms with Crippen molar-refractivity contribution in [2.24, 2.45) is 0 Å². The lowest BCUT2D eigenvalue weighted by atomic mass is 10.0. The van der Waals surface area contributed by atoms with E-state index in [-0.39, 0.29) is 5.91 Å². The first-order valence-corrected chi connectivity index (χ1v) is 10.7. The minimum Gasteiger partial charge on any atom is -0.321 e. The zero-order chi connectivity index (χ0) is 19.8. The molecule has 0 saturated heterocycles. The molecule has 29 heavy (non-hydrogen) atoms. The minimum absolute atomic E-state index is 0.133. The van der Waals surface area contributed by atoms with Gasteiger partial charge in [-0.15, -0.1) is 11.3 Å². The van der Waals surface area contributed by atoms with Crippen molar-refractivity contribution in [3.05, 3.63) is 95.0 Å². The molecule has 0 saturated carbocycles. The van der Waals surface area contributed by atoms with Gasteiger partial charge in [0, 0.05) is 15.6 Å². The Bertz CT molecular complexity index is 1340. The molecule has 0 radical (unpaired) electrons. The van der Waals surface area contributed by atoms with Gasteiger partial charge in [-0.25, -0.2) is 4.98 Å². The maximum absolute atomic E-state index is 13.1. The number of nitrogens with one attached hydrogen (secondary N) is 1. The molecule has 0 spiro atoms. The minimum atomic E-state index is -0.133. The summed E-state index contributed by atoms with van der Waals surface area (Å²) in [6.07, 6.45) is 0. The van der Waals surface area contributed by atoms with Gasteiger partial charge in [-0.2, -0.15) is 0 Å². The van der Waals surface area contributed by atoms with Crippen molar-refractivity contribution in [1.29, 1.82) is 0 Å². The van der Waals surface area contributed by atoms with Gasteiger partial charge in [0.05, 0.1) is 15.9 Å². The van der Waals surface area contributed by atoms with E-state index in [1.54, 1.807) is 11.3 Å². The fraction of sp³-hybridized carbons (Fsp3) is 0. The third-order valence-electron chi connectivity index (χ3n) is 4.79. The molecule has 5 heteroatoms. The van der Waals surface area contributed by atoms with Crippen LogP contribution in [0.5, 0.6) is 0 Å². The number of amides is 1. The molecule has 1 amide bonds. The Balaban J connectivity index is 1.57. The van der Waals surface area contributed by atoms with Crippen LogP contribution in [0.1, 0.15) is 10.4 Å². The highest BCUT2D eigenvalue weighted by Crippen LogP contribution is 2.36. The molecule has 3 nitrogen and oxygen atoms in total. The van der Waals surface area contributed by atoms with Crippen LogP contribution >= 0.6 is 27.3 Å². The predicted octanol–water partition coefficient (Wildman–Crippen LogP) is 7.13. The number of rotatable bonds is 3. The molecule has 0 aliphatic rings. The molecule has 1 aromatic heterocycles. The third-order valence-corrected chi connectivity index (χ3v) is 6.35. The van der Waals surface area contributed by atoms with E-state index in [9.17, 15) is 4.79 Å². The molecule has 0 bridgehead atoms. The fourth-order valence-corrected chi connectivity index (χ4v) is 4.76. The van der Waals surface area contributed by atoms with Gasteiger partial charge in [-0.05, 0) is 47.2 Å². The highest BCUT2D eigenvalue weighted by Gasteiger charge is 2.15. The summed E-state index contributed by atoms with van der Waals surface area (Å²) >= 11 is 5.16. The highest BCUT2D eigenvalue weighted by atomic mass is 79.9. The largest absolute Gasteiger partial charge is 0.321 e. The van der Waals surface area contributed by atoms with Crippen LogP contribution in [0.4, 0.5) is 5.69 Å². The summed E-state index contributed by atoms with van der Waals surface area (Å²) < 4.78 is 2.06. The zero-order valence-corrected chi connectivity index (χ0v) is 17.6. The summed E-state index contributed by atoms with van der Waals surface area (Å²) in [6, 6.07) is 27.6. The maximum Gasteiger partial charge on any atom is 0.256 e. The Kier molecular flexibility index (Phi) is 4.62. The second-order valence-electron chi connectivity index (χ2n) is 6.66. The lowest BCUT2D eigenvalue weighted by Gasteiger charge is -2.11. The Hall–Kier alpha value is -3.02. The number of aromatic nitrogens is 1. The number of halogens is 1. The van der Waals surface area contributed by atoms with E-state index >= 15 is 0 Å². The van der Waals surface area contributed by atoms with Gasteiger partial charge in [-0.1, -0.05) is 64.5 Å². The summed E-state index contributed by atoms with van der Waals surface area (Å²) in [5, 5.41) is 5.95. The number of nitrogens with zero attached hydrogens (tertiary/aromatic N) is 1. The number of para-hydroxylation sites is 1. The van der Waals surface area contributed by atoms with E-state index in [4.69, 9.17) is 4.98 Å². The fourth-order valence-electron chi connectivity index (χ4n) is 3.40. The van der Waals surface area contributed by atoms with Crippen LogP contribution in [0.2, 0.25) is 0 Å². The summed E-state index contributed by atoms with van der Waals surface area (Å²) in [5.41, 5.74) is 3.25. The first kappa shape index (κ1) is 18.0. The van der Waals surface area contributed by atoms with Crippen molar-refractivity contribution in [1.82, 2.24) is 4.98 Å². The Labute approximate surface area is 180 Å². The number of hydrogen-bond donors (Lipinski definition) is 1. The van der Waals surface area contributed by atoms with Gasteiger partial charge < -0.3 is 5.32 Å². The SMILES string of the molecule is O=C(Nc1ccc(Br)cc1-c1nc2ccccc2s1)c1cccc2ccccc12. The number of carbonyl (C=O) groups is 1. The van der Waals surface area contributed by atoms with Crippen LogP contribution in [0.3, 0.4) is 0 Å². The van der Waals surface area contributed by atoms with Crippen LogP contribution in [-0.2, 0) is 0 Å². The van der Waals surface area contributed by atoms with Gasteiger partial charge in [0.15, 0.2) is 0 Å². The van der Waals surface area contributed by atoms with Crippen molar-refractivity contribution in [3.63, 3.8) is 0 Å². The van der Waals surface area contributed by atoms with E-state index < -0.39 is 0 Å². The van der Waals surface area contributed by atoms with Crippen LogP contribution in [0.25, 0.3) is 31.6 Å². The first-order valence-electron chi connectivity index (χ1n) is 9.14. The quantitative estimate of drug-likeness (QED) is 0.312. The Morgan fingerprint density at radius 3 is 2.59 bits per heavy atom. The first-order chi connectivity index (χ1) is 14.2. The second-order valence-corrected chi connectivity index (χ2v) is 8.60. The molecule has 1 N–H and O–H groups in total. The molecular weight excluding hydrogens is 444 g/mol. The van der Waals surface area contributed by atoms with Crippen LogP contribution in [-0.4, -0.2) is 10.9 Å². The molecular formula is C24H15BrN2OS. The molecule has 0 atom stereocenters. The summed E-state index contributed by atoms with van der Waals surface area (Å²) in [7, 11) is 0. The molecule has 0 aliphatic carbocycles. The Morgan fingerprint density at radius 1 is 0.897 bits per heavy atom. The van der Waals surface area contributed by atoms with E-state index in [2.05, 4.69) is 27.3 Å². The average molecular weight is 459 g/mol. The van der Waals surface area contributed by atoms with Gasteiger partial charge in [0.25, 0.3) is 5.91 Å². The normalized spacial score (nSPS) is 11.1. The van der Waals surface area contributed by atoms with Gasteiger partial charge in [0.2, 0.25) is 0 Å². The summed E-state index contributed by atoms with van der Waals surface area (Å²) in [5.74, 6) is -0.133. The molecule has 4 aromatic carbocycles. The average Bonchev–Trinajstić information content (AvgIpc) is 3.18. The van der Waals surface area contributed by atoms with Crippen molar-refractivity contribution >= 4 is 59.9 Å². The van der Waals surface area contributed by atoms with E-state index in [1.165, 1.54) is 0 Å². The predicted molar refractivity (Wildman–Crippen MR) is 125 cm³/mol. The zero-order valence-electron chi connectivity index (χ0n) is 15.2. The van der Waals surface area contributed by atoms with Gasteiger partial charge in [-0.3, -0.25) is 4.79 Å². The molecule has 5 rings (SSSR count). The van der Waals surface area contributed by atoms with E-state index in [1.807, 2.05) is 78.9 Å². The van der Waals surface area contributed by atoms with Crippen molar-refractivity contribution < 1.29 is 4.79 Å². The van der Waals surface area contributed by atoms with Crippen molar-refractivity contribution in [3.8, 4) is 10.6 Å². The van der Waals surface area contributed by atoms with Crippen LogP contribution < -0.4 is 5.32 Å². The molecule has 0 fully saturated rings. The smallest absolute Gasteiger partial charge is 0.256 e. The number of fused-ring (bicyclic) bond motifs is 2. The van der Waals surface area contributed by atoms with E-state index in [0.717, 1.165) is 41.7 Å². The van der Waals surface area contributed by atoms with Crippen molar-refractivity contribution in [2.45, 2.75) is 0 Å². The van der Waals surface area contributed by atoms with Crippen LogP contribution in [0.15, 0.2) is 89.4 Å². The van der Waals surface area contributed by atoms with Gasteiger partial charge in [0.1, 0.15) is 5.01 Å². The monoisotopic (exact) mass is 458 g/mol. The van der Waals surface area contributed by atoms with Gasteiger partial charge >= 0.3 is 0 Å². The molecule has 140 valence electrons. The Morgan fingerprint density at radius 2 is 1.69 bits per heavy atom. The molecule has 1 heterocycles. The second kappa shape index (κ2) is 7.43. The lowest BCUT2D eigenvalue weighted by molar-refractivity contribution is 0.102. The maximum atomic E-state index is 13.1. The summed E-state index contributed by atoms with van der Waals surface area (Å²) in [4.78, 5) is 17.9. The molecule has 0 aliphatic heterocycles.